The first-order chi connectivity index (χ1) is 7.70. The molecule has 1 saturated carbocycles. The van der Waals surface area contributed by atoms with Crippen molar-refractivity contribution in [3.05, 3.63) is 22.9 Å². The Bertz CT molecular complexity index is 370. The Morgan fingerprint density at radius 2 is 2.06 bits per heavy atom. The molecule has 0 bridgehead atoms. The van der Waals surface area contributed by atoms with Gasteiger partial charge in [0.25, 0.3) is 0 Å². The van der Waals surface area contributed by atoms with E-state index in [9.17, 15) is 0 Å². The van der Waals surface area contributed by atoms with Crippen LogP contribution in [-0.4, -0.2) is 10.2 Å². The van der Waals surface area contributed by atoms with Crippen LogP contribution in [0.15, 0.2) is 11.1 Å². The summed E-state index contributed by atoms with van der Waals surface area (Å²) in [6.45, 7) is 4.80. The van der Waals surface area contributed by atoms with Gasteiger partial charge in [-0.25, -0.2) is 4.98 Å². The lowest BCUT2D eigenvalue weighted by atomic mass is 10.1. The van der Waals surface area contributed by atoms with E-state index in [4.69, 9.17) is 5.73 Å². The molecule has 1 aromatic rings. The molecule has 1 fully saturated rings. The highest BCUT2D eigenvalue weighted by Crippen LogP contribution is 2.36. The number of nitrogens with zero attached hydrogens (tertiary/aromatic N) is 1. The molecule has 3 heteroatoms. The maximum absolute atomic E-state index is 5.82. The Labute approximate surface area is 102 Å². The van der Waals surface area contributed by atoms with E-state index in [1.54, 1.807) is 0 Å². The van der Waals surface area contributed by atoms with Crippen LogP contribution in [0.4, 0.5) is 0 Å². The van der Waals surface area contributed by atoms with Crippen molar-refractivity contribution in [2.24, 2.45) is 5.73 Å². The number of aryl methyl sites for hydroxylation is 2. The highest BCUT2D eigenvalue weighted by molar-refractivity contribution is 7.99. The molecule has 1 heterocycles. The number of nitrogens with two attached hydrogens (primary N) is 1. The molecular formula is C13H20N2S. The second-order valence-corrected chi connectivity index (χ2v) is 5.88. The molecule has 0 radical (unpaired) electrons. The van der Waals surface area contributed by atoms with Crippen LogP contribution < -0.4 is 5.73 Å². The highest BCUT2D eigenvalue weighted by atomic mass is 32.2. The standard InChI is InChI=1S/C13H20N2S/c1-9-7-10(2)15-13(12(9)8-14)16-11-5-3-4-6-11/h7,11H,3-6,8,14H2,1-2H3. The van der Waals surface area contributed by atoms with Crippen molar-refractivity contribution >= 4 is 11.8 Å². The van der Waals surface area contributed by atoms with Crippen molar-refractivity contribution < 1.29 is 0 Å². The summed E-state index contributed by atoms with van der Waals surface area (Å²) in [6, 6.07) is 2.13. The van der Waals surface area contributed by atoms with Gasteiger partial charge in [0.1, 0.15) is 5.03 Å². The molecule has 0 amide bonds. The van der Waals surface area contributed by atoms with Gasteiger partial charge in [0.15, 0.2) is 0 Å². The fraction of sp³-hybridized carbons (Fsp3) is 0.615. The molecule has 0 unspecified atom stereocenters. The van der Waals surface area contributed by atoms with Gasteiger partial charge in [0.05, 0.1) is 0 Å². The minimum Gasteiger partial charge on any atom is -0.326 e. The van der Waals surface area contributed by atoms with Gasteiger partial charge in [0.2, 0.25) is 0 Å². The Morgan fingerprint density at radius 1 is 1.38 bits per heavy atom. The van der Waals surface area contributed by atoms with E-state index in [-0.39, 0.29) is 0 Å². The quantitative estimate of drug-likeness (QED) is 0.876. The fourth-order valence-corrected chi connectivity index (χ4v) is 3.81. The van der Waals surface area contributed by atoms with Crippen LogP contribution >= 0.6 is 11.8 Å². The normalized spacial score (nSPS) is 16.9. The Hall–Kier alpha value is -0.540. The zero-order valence-corrected chi connectivity index (χ0v) is 10.9. The zero-order chi connectivity index (χ0) is 11.5. The van der Waals surface area contributed by atoms with Crippen LogP contribution in [0, 0.1) is 13.8 Å². The number of aromatic nitrogens is 1. The molecule has 1 aliphatic carbocycles. The van der Waals surface area contributed by atoms with Crippen molar-refractivity contribution in [3.8, 4) is 0 Å². The summed E-state index contributed by atoms with van der Waals surface area (Å²) < 4.78 is 0. The topological polar surface area (TPSA) is 38.9 Å². The second kappa shape index (κ2) is 5.19. The molecule has 88 valence electrons. The SMILES string of the molecule is Cc1cc(C)c(CN)c(SC2CCCC2)n1. The number of hydrogen-bond donors (Lipinski definition) is 1. The number of rotatable bonds is 3. The molecule has 2 rings (SSSR count). The van der Waals surface area contributed by atoms with Gasteiger partial charge < -0.3 is 5.73 Å². The predicted molar refractivity (Wildman–Crippen MR) is 69.7 cm³/mol. The minimum atomic E-state index is 0.605. The molecule has 0 spiro atoms. The van der Waals surface area contributed by atoms with Gasteiger partial charge in [-0.1, -0.05) is 12.8 Å². The van der Waals surface area contributed by atoms with Crippen molar-refractivity contribution in [3.63, 3.8) is 0 Å². The average Bonchev–Trinajstić information content (AvgIpc) is 2.70. The van der Waals surface area contributed by atoms with Crippen molar-refractivity contribution in [1.29, 1.82) is 0 Å². The van der Waals surface area contributed by atoms with Crippen LogP contribution in [0.2, 0.25) is 0 Å². The average molecular weight is 236 g/mol. The fourth-order valence-electron chi connectivity index (χ4n) is 2.34. The lowest BCUT2D eigenvalue weighted by Gasteiger charge is -2.14. The summed E-state index contributed by atoms with van der Waals surface area (Å²) >= 11 is 1.94. The summed E-state index contributed by atoms with van der Waals surface area (Å²) in [7, 11) is 0. The van der Waals surface area contributed by atoms with Crippen molar-refractivity contribution in [2.45, 2.75) is 56.4 Å². The molecule has 2 nitrogen and oxygen atoms in total. The summed E-state index contributed by atoms with van der Waals surface area (Å²) in [5.74, 6) is 0. The molecule has 0 aromatic carbocycles. The van der Waals surface area contributed by atoms with Crippen LogP contribution in [0.5, 0.6) is 0 Å². The Kier molecular flexibility index (Phi) is 3.87. The number of pyridine rings is 1. The van der Waals surface area contributed by atoms with Gasteiger partial charge in [-0.3, -0.25) is 0 Å². The van der Waals surface area contributed by atoms with Crippen LogP contribution in [-0.2, 0) is 6.54 Å². The van der Waals surface area contributed by atoms with E-state index in [0.29, 0.717) is 6.54 Å². The van der Waals surface area contributed by atoms with Crippen LogP contribution in [0.25, 0.3) is 0 Å². The second-order valence-electron chi connectivity index (χ2n) is 4.59. The Balaban J connectivity index is 2.23. The maximum Gasteiger partial charge on any atom is 0.101 e. The van der Waals surface area contributed by atoms with Gasteiger partial charge >= 0.3 is 0 Å². The first kappa shape index (κ1) is 11.9. The van der Waals surface area contributed by atoms with E-state index in [2.05, 4.69) is 24.9 Å². The van der Waals surface area contributed by atoms with E-state index in [1.165, 1.54) is 41.8 Å². The van der Waals surface area contributed by atoms with E-state index in [0.717, 1.165) is 10.9 Å². The molecule has 1 aliphatic rings. The third kappa shape index (κ3) is 2.58. The monoisotopic (exact) mass is 236 g/mol. The number of hydrogen-bond acceptors (Lipinski definition) is 3. The van der Waals surface area contributed by atoms with Crippen LogP contribution in [0.1, 0.15) is 42.5 Å². The third-order valence-electron chi connectivity index (χ3n) is 3.22. The molecule has 2 N–H and O–H groups in total. The summed E-state index contributed by atoms with van der Waals surface area (Å²) in [5, 5.41) is 1.94. The molecular weight excluding hydrogens is 216 g/mol. The maximum atomic E-state index is 5.82. The first-order valence-electron chi connectivity index (χ1n) is 6.04. The molecule has 0 atom stereocenters. The number of thioether (sulfide) groups is 1. The van der Waals surface area contributed by atoms with Gasteiger partial charge in [-0.05, 0) is 38.3 Å². The minimum absolute atomic E-state index is 0.605. The highest BCUT2D eigenvalue weighted by Gasteiger charge is 2.19. The lowest BCUT2D eigenvalue weighted by molar-refractivity contribution is 0.880. The molecule has 0 aliphatic heterocycles. The van der Waals surface area contributed by atoms with Gasteiger partial charge in [-0.15, -0.1) is 11.8 Å². The largest absolute Gasteiger partial charge is 0.326 e. The zero-order valence-electron chi connectivity index (χ0n) is 10.1. The van der Waals surface area contributed by atoms with E-state index in [1.807, 2.05) is 11.8 Å². The van der Waals surface area contributed by atoms with Crippen molar-refractivity contribution in [1.82, 2.24) is 4.98 Å². The lowest BCUT2D eigenvalue weighted by Crippen LogP contribution is -2.06. The van der Waals surface area contributed by atoms with E-state index >= 15 is 0 Å². The molecule has 0 saturated heterocycles. The van der Waals surface area contributed by atoms with Gasteiger partial charge in [0, 0.05) is 23.1 Å². The van der Waals surface area contributed by atoms with E-state index < -0.39 is 0 Å². The van der Waals surface area contributed by atoms with Crippen molar-refractivity contribution in [2.75, 3.05) is 0 Å². The summed E-state index contributed by atoms with van der Waals surface area (Å²) in [5.41, 5.74) is 9.46. The third-order valence-corrected chi connectivity index (χ3v) is 4.59. The van der Waals surface area contributed by atoms with Crippen LogP contribution in [0.3, 0.4) is 0 Å². The molecule has 16 heavy (non-hydrogen) atoms. The Morgan fingerprint density at radius 3 is 2.69 bits per heavy atom. The summed E-state index contributed by atoms with van der Waals surface area (Å²) in [4.78, 5) is 4.65. The van der Waals surface area contributed by atoms with Gasteiger partial charge in [-0.2, -0.15) is 0 Å². The molecule has 1 aromatic heterocycles. The summed E-state index contributed by atoms with van der Waals surface area (Å²) in [6.07, 6.45) is 5.42. The smallest absolute Gasteiger partial charge is 0.101 e. The predicted octanol–water partition coefficient (Wildman–Crippen LogP) is 3.19. The first-order valence-corrected chi connectivity index (χ1v) is 6.92.